The minimum absolute atomic E-state index is 0.0429. The van der Waals surface area contributed by atoms with Gasteiger partial charge in [0, 0.05) is 17.8 Å². The summed E-state index contributed by atoms with van der Waals surface area (Å²) in [6.07, 6.45) is 3.31. The van der Waals surface area contributed by atoms with E-state index in [1.165, 1.54) is 12.5 Å². The van der Waals surface area contributed by atoms with E-state index in [2.05, 4.69) is 24.3 Å². The van der Waals surface area contributed by atoms with Crippen molar-refractivity contribution < 1.29 is 8.42 Å². The number of nitrogens with two attached hydrogens (primary N) is 1. The van der Waals surface area contributed by atoms with Crippen LogP contribution in [-0.2, 0) is 16.6 Å². The number of hydrogen-bond donors (Lipinski definition) is 2. The van der Waals surface area contributed by atoms with Crippen LogP contribution in [0.2, 0.25) is 0 Å². The molecule has 1 aromatic rings. The minimum Gasteiger partial charge on any atom is -0.312 e. The Balaban J connectivity index is 1.88. The predicted octanol–water partition coefficient (Wildman–Crippen LogP) is 1.01. The van der Waals surface area contributed by atoms with Gasteiger partial charge >= 0.3 is 0 Å². The molecule has 6 nitrogen and oxygen atoms in total. The van der Waals surface area contributed by atoms with Gasteiger partial charge in [-0.25, -0.2) is 13.6 Å². The van der Waals surface area contributed by atoms with Crippen molar-refractivity contribution in [2.75, 3.05) is 6.54 Å². The lowest BCUT2D eigenvalue weighted by Gasteiger charge is -2.17. The summed E-state index contributed by atoms with van der Waals surface area (Å²) in [5.41, 5.74) is 1.08. The van der Waals surface area contributed by atoms with Gasteiger partial charge in [0.05, 0.1) is 0 Å². The lowest BCUT2D eigenvalue weighted by molar-refractivity contribution is 0.414. The monoisotopic (exact) mass is 300 g/mol. The zero-order valence-electron chi connectivity index (χ0n) is 12.4. The molecule has 1 saturated heterocycles. The van der Waals surface area contributed by atoms with Gasteiger partial charge in [-0.2, -0.15) is 5.10 Å². The van der Waals surface area contributed by atoms with Crippen LogP contribution in [0.4, 0.5) is 0 Å². The van der Waals surface area contributed by atoms with Crippen LogP contribution in [0.15, 0.2) is 11.1 Å². The first kappa shape index (κ1) is 15.5. The highest BCUT2D eigenvalue weighted by molar-refractivity contribution is 7.89. The molecule has 1 fully saturated rings. The van der Waals surface area contributed by atoms with Crippen LogP contribution in [0.1, 0.15) is 38.8 Å². The average molecular weight is 300 g/mol. The average Bonchev–Trinajstić information content (AvgIpc) is 2.82. The van der Waals surface area contributed by atoms with Crippen LogP contribution in [0, 0.1) is 12.8 Å². The molecular weight excluding hydrogens is 276 g/mol. The molecule has 1 aliphatic rings. The molecule has 1 unspecified atom stereocenters. The van der Waals surface area contributed by atoms with Gasteiger partial charge in [0.15, 0.2) is 5.03 Å². The van der Waals surface area contributed by atoms with E-state index in [1.807, 2.05) is 6.92 Å². The summed E-state index contributed by atoms with van der Waals surface area (Å²) in [6, 6.07) is 1.52. The van der Waals surface area contributed by atoms with Crippen molar-refractivity contribution in [1.29, 1.82) is 0 Å². The minimum atomic E-state index is -3.70. The third-order valence-corrected chi connectivity index (χ3v) is 4.68. The van der Waals surface area contributed by atoms with Crippen molar-refractivity contribution in [3.8, 4) is 0 Å². The van der Waals surface area contributed by atoms with E-state index >= 15 is 0 Å². The smallest absolute Gasteiger partial charge is 0.257 e. The predicted molar refractivity (Wildman–Crippen MR) is 77.8 cm³/mol. The number of aromatic nitrogens is 2. The maximum Gasteiger partial charge on any atom is 0.257 e. The molecule has 0 bridgehead atoms. The van der Waals surface area contributed by atoms with E-state index in [-0.39, 0.29) is 10.6 Å². The Hall–Kier alpha value is -0.920. The maximum atomic E-state index is 11.2. The molecule has 0 radical (unpaired) electrons. The first-order valence-electron chi connectivity index (χ1n) is 7.00. The van der Waals surface area contributed by atoms with Crippen molar-refractivity contribution in [2.45, 2.75) is 57.1 Å². The lowest BCUT2D eigenvalue weighted by Crippen LogP contribution is -2.31. The van der Waals surface area contributed by atoms with Gasteiger partial charge < -0.3 is 5.32 Å². The van der Waals surface area contributed by atoms with E-state index in [0.717, 1.165) is 31.6 Å². The van der Waals surface area contributed by atoms with E-state index in [0.29, 0.717) is 5.92 Å². The molecule has 0 saturated carbocycles. The van der Waals surface area contributed by atoms with Crippen LogP contribution < -0.4 is 10.5 Å². The second-order valence-corrected chi connectivity index (χ2v) is 7.88. The SMILES string of the molecule is Cc1cc(S(N)(=O)=O)nn1CCCC1CNC(C)(C)C1. The molecule has 1 aromatic heterocycles. The Labute approximate surface area is 120 Å². The summed E-state index contributed by atoms with van der Waals surface area (Å²) >= 11 is 0. The molecule has 0 aliphatic carbocycles. The molecule has 2 rings (SSSR count). The lowest BCUT2D eigenvalue weighted by atomic mass is 9.94. The first-order chi connectivity index (χ1) is 9.17. The maximum absolute atomic E-state index is 11.2. The Morgan fingerprint density at radius 2 is 2.25 bits per heavy atom. The van der Waals surface area contributed by atoms with Crippen LogP contribution in [0.5, 0.6) is 0 Å². The summed E-state index contributed by atoms with van der Waals surface area (Å²) in [7, 11) is -3.70. The van der Waals surface area contributed by atoms with Crippen LogP contribution >= 0.6 is 0 Å². The number of nitrogens with one attached hydrogen (secondary N) is 1. The molecular formula is C13H24N4O2S. The number of sulfonamides is 1. The quantitative estimate of drug-likeness (QED) is 0.849. The van der Waals surface area contributed by atoms with Gasteiger partial charge in [-0.15, -0.1) is 0 Å². The van der Waals surface area contributed by atoms with E-state index < -0.39 is 10.0 Å². The number of aryl methyl sites for hydroxylation is 2. The summed E-state index contributed by atoms with van der Waals surface area (Å²) in [5.74, 6) is 0.693. The number of hydrogen-bond acceptors (Lipinski definition) is 4. The van der Waals surface area contributed by atoms with Gasteiger partial charge in [0.1, 0.15) is 0 Å². The highest BCUT2D eigenvalue weighted by atomic mass is 32.2. The van der Waals surface area contributed by atoms with E-state index in [9.17, 15) is 8.42 Å². The molecule has 0 aromatic carbocycles. The van der Waals surface area contributed by atoms with Crippen LogP contribution in [-0.4, -0.2) is 30.3 Å². The molecule has 20 heavy (non-hydrogen) atoms. The fourth-order valence-corrected chi connectivity index (χ4v) is 3.41. The molecule has 7 heteroatoms. The molecule has 114 valence electrons. The first-order valence-corrected chi connectivity index (χ1v) is 8.54. The standard InChI is InChI=1S/C13H24N4O2S/c1-10-7-12(20(14,18)19)16-17(10)6-4-5-11-8-13(2,3)15-9-11/h7,11,15H,4-6,8-9H2,1-3H3,(H2,14,18,19). The molecule has 1 aliphatic heterocycles. The number of primary sulfonamides is 1. The van der Waals surface area contributed by atoms with Gasteiger partial charge in [-0.3, -0.25) is 4.68 Å². The molecule has 2 heterocycles. The van der Waals surface area contributed by atoms with Gasteiger partial charge in [-0.05, 0) is 58.6 Å². The topological polar surface area (TPSA) is 90.0 Å². The van der Waals surface area contributed by atoms with Crippen molar-refractivity contribution in [2.24, 2.45) is 11.1 Å². The molecule has 3 N–H and O–H groups in total. The summed E-state index contributed by atoms with van der Waals surface area (Å²) in [4.78, 5) is 0. The zero-order chi connectivity index (χ0) is 15.0. The van der Waals surface area contributed by atoms with Gasteiger partial charge in [-0.1, -0.05) is 0 Å². The van der Waals surface area contributed by atoms with Crippen molar-refractivity contribution >= 4 is 10.0 Å². The molecule has 0 spiro atoms. The van der Waals surface area contributed by atoms with Gasteiger partial charge in [0.25, 0.3) is 10.0 Å². The Bertz CT molecular complexity index is 577. The second kappa shape index (κ2) is 5.46. The Morgan fingerprint density at radius 3 is 2.75 bits per heavy atom. The second-order valence-electron chi connectivity index (χ2n) is 6.37. The van der Waals surface area contributed by atoms with Crippen molar-refractivity contribution in [3.63, 3.8) is 0 Å². The number of nitrogens with zero attached hydrogens (tertiary/aromatic N) is 2. The fourth-order valence-electron chi connectivity index (χ4n) is 2.87. The normalized spacial score (nSPS) is 22.3. The van der Waals surface area contributed by atoms with Crippen LogP contribution in [0.25, 0.3) is 0 Å². The van der Waals surface area contributed by atoms with E-state index in [1.54, 1.807) is 4.68 Å². The highest BCUT2D eigenvalue weighted by Gasteiger charge is 2.29. The Morgan fingerprint density at radius 1 is 1.55 bits per heavy atom. The number of rotatable bonds is 5. The fraction of sp³-hybridized carbons (Fsp3) is 0.769. The largest absolute Gasteiger partial charge is 0.312 e. The van der Waals surface area contributed by atoms with Crippen molar-refractivity contribution in [1.82, 2.24) is 15.1 Å². The highest BCUT2D eigenvalue weighted by Crippen LogP contribution is 2.26. The van der Waals surface area contributed by atoms with Crippen molar-refractivity contribution in [3.05, 3.63) is 11.8 Å². The third-order valence-electron chi connectivity index (χ3n) is 3.90. The summed E-state index contributed by atoms with van der Waals surface area (Å²) in [6.45, 7) is 8.10. The Kier molecular flexibility index (Phi) is 4.22. The molecule has 0 amide bonds. The third kappa shape index (κ3) is 3.80. The summed E-state index contributed by atoms with van der Waals surface area (Å²) < 4.78 is 24.2. The summed E-state index contributed by atoms with van der Waals surface area (Å²) in [5, 5.41) is 12.6. The zero-order valence-corrected chi connectivity index (χ0v) is 13.2. The van der Waals surface area contributed by atoms with E-state index in [4.69, 9.17) is 5.14 Å². The van der Waals surface area contributed by atoms with Crippen LogP contribution in [0.3, 0.4) is 0 Å². The van der Waals surface area contributed by atoms with Gasteiger partial charge in [0.2, 0.25) is 0 Å². The molecule has 1 atom stereocenters.